The van der Waals surface area contributed by atoms with E-state index in [1.807, 2.05) is 26.0 Å². The molecule has 0 fully saturated rings. The van der Waals surface area contributed by atoms with Crippen molar-refractivity contribution in [3.8, 4) is 5.75 Å². The van der Waals surface area contributed by atoms with Crippen molar-refractivity contribution in [1.29, 1.82) is 0 Å². The normalized spacial score (nSPS) is 11.7. The van der Waals surface area contributed by atoms with Gasteiger partial charge < -0.3 is 10.1 Å². The molecule has 0 aromatic heterocycles. The van der Waals surface area contributed by atoms with Crippen molar-refractivity contribution in [3.63, 3.8) is 0 Å². The zero-order valence-electron chi connectivity index (χ0n) is 10.6. The first-order valence-corrected chi connectivity index (χ1v) is 5.66. The van der Waals surface area contributed by atoms with Gasteiger partial charge in [0.15, 0.2) is 6.10 Å². The first-order valence-electron chi connectivity index (χ1n) is 5.66. The highest BCUT2D eigenvalue weighted by molar-refractivity contribution is 5.80. The summed E-state index contributed by atoms with van der Waals surface area (Å²) in [5.74, 6) is 0.591. The van der Waals surface area contributed by atoms with Crippen LogP contribution in [-0.2, 0) is 4.79 Å². The Morgan fingerprint density at radius 3 is 2.53 bits per heavy atom. The van der Waals surface area contributed by atoms with Crippen LogP contribution in [0.15, 0.2) is 30.9 Å². The molecule has 0 aliphatic carbocycles. The van der Waals surface area contributed by atoms with Crippen LogP contribution in [0.25, 0.3) is 0 Å². The predicted molar refractivity (Wildman–Crippen MR) is 69.2 cm³/mol. The van der Waals surface area contributed by atoms with Gasteiger partial charge in [-0.2, -0.15) is 0 Å². The summed E-state index contributed by atoms with van der Waals surface area (Å²) in [6.07, 6.45) is 1.14. The van der Waals surface area contributed by atoms with Crippen LogP contribution in [0.2, 0.25) is 0 Å². The van der Waals surface area contributed by atoms with E-state index in [2.05, 4.69) is 18.0 Å². The summed E-state index contributed by atoms with van der Waals surface area (Å²) in [7, 11) is 0. The van der Waals surface area contributed by atoms with Gasteiger partial charge in [-0.1, -0.05) is 12.1 Å². The monoisotopic (exact) mass is 233 g/mol. The standard InChI is InChI=1S/C14H19NO2/c1-5-6-15-14(16)12(4)17-13-8-10(2)7-11(3)9-13/h5,7-9,12H,1,6H2,2-4H3,(H,15,16)/t12-/m1/s1. The second-order valence-electron chi connectivity index (χ2n) is 4.12. The predicted octanol–water partition coefficient (Wildman–Crippen LogP) is 2.37. The van der Waals surface area contributed by atoms with Crippen LogP contribution in [0, 0.1) is 13.8 Å². The smallest absolute Gasteiger partial charge is 0.261 e. The van der Waals surface area contributed by atoms with E-state index in [1.165, 1.54) is 0 Å². The molecule has 0 radical (unpaired) electrons. The fourth-order valence-corrected chi connectivity index (χ4v) is 1.58. The molecule has 1 atom stereocenters. The third-order valence-corrected chi connectivity index (χ3v) is 2.30. The summed E-state index contributed by atoms with van der Waals surface area (Å²) >= 11 is 0. The van der Waals surface area contributed by atoms with E-state index in [-0.39, 0.29) is 5.91 Å². The number of benzene rings is 1. The molecule has 17 heavy (non-hydrogen) atoms. The van der Waals surface area contributed by atoms with Gasteiger partial charge in [-0.05, 0) is 44.0 Å². The first-order chi connectivity index (χ1) is 8.02. The Bertz CT molecular complexity index is 392. The van der Waals surface area contributed by atoms with Crippen LogP contribution in [0.5, 0.6) is 5.75 Å². The lowest BCUT2D eigenvalue weighted by atomic mass is 10.1. The van der Waals surface area contributed by atoms with Gasteiger partial charge in [0, 0.05) is 6.54 Å². The lowest BCUT2D eigenvalue weighted by Crippen LogP contribution is -2.36. The van der Waals surface area contributed by atoms with Gasteiger partial charge in [-0.25, -0.2) is 0 Å². The Balaban J connectivity index is 2.63. The molecule has 1 N–H and O–H groups in total. The number of ether oxygens (including phenoxy) is 1. The van der Waals surface area contributed by atoms with Crippen LogP contribution >= 0.6 is 0 Å². The Labute approximate surface area is 102 Å². The van der Waals surface area contributed by atoms with Crippen molar-refractivity contribution in [2.75, 3.05) is 6.54 Å². The minimum atomic E-state index is -0.504. The number of carbonyl (C=O) groups is 1. The fraction of sp³-hybridized carbons (Fsp3) is 0.357. The lowest BCUT2D eigenvalue weighted by molar-refractivity contribution is -0.127. The van der Waals surface area contributed by atoms with Crippen molar-refractivity contribution in [3.05, 3.63) is 42.0 Å². The Kier molecular flexibility index (Phi) is 4.76. The average molecular weight is 233 g/mol. The van der Waals surface area contributed by atoms with Crippen LogP contribution in [-0.4, -0.2) is 18.6 Å². The van der Waals surface area contributed by atoms with Gasteiger partial charge >= 0.3 is 0 Å². The number of rotatable bonds is 5. The largest absolute Gasteiger partial charge is 0.481 e. The topological polar surface area (TPSA) is 38.3 Å². The lowest BCUT2D eigenvalue weighted by Gasteiger charge is -2.15. The molecular weight excluding hydrogens is 214 g/mol. The summed E-state index contributed by atoms with van der Waals surface area (Å²) in [6.45, 7) is 9.74. The maximum absolute atomic E-state index is 11.6. The van der Waals surface area contributed by atoms with Gasteiger partial charge in [0.2, 0.25) is 0 Å². The molecule has 3 nitrogen and oxygen atoms in total. The second kappa shape index (κ2) is 6.09. The summed E-state index contributed by atoms with van der Waals surface area (Å²) in [6, 6.07) is 5.91. The Morgan fingerprint density at radius 2 is 2.00 bits per heavy atom. The van der Waals surface area contributed by atoms with E-state index in [0.717, 1.165) is 16.9 Å². The molecule has 0 aliphatic heterocycles. The number of aryl methyl sites for hydroxylation is 2. The van der Waals surface area contributed by atoms with Crippen LogP contribution in [0.1, 0.15) is 18.1 Å². The second-order valence-corrected chi connectivity index (χ2v) is 4.12. The number of amides is 1. The van der Waals surface area contributed by atoms with Gasteiger partial charge in [-0.3, -0.25) is 4.79 Å². The molecular formula is C14H19NO2. The molecule has 3 heteroatoms. The Morgan fingerprint density at radius 1 is 1.41 bits per heavy atom. The molecule has 0 saturated carbocycles. The number of hydrogen-bond donors (Lipinski definition) is 1. The van der Waals surface area contributed by atoms with E-state index in [9.17, 15) is 4.79 Å². The molecule has 1 amide bonds. The van der Waals surface area contributed by atoms with Crippen LogP contribution < -0.4 is 10.1 Å². The molecule has 0 heterocycles. The molecule has 0 bridgehead atoms. The van der Waals surface area contributed by atoms with Gasteiger partial charge in [0.25, 0.3) is 5.91 Å². The summed E-state index contributed by atoms with van der Waals surface area (Å²) in [4.78, 5) is 11.6. The summed E-state index contributed by atoms with van der Waals surface area (Å²) in [5, 5.41) is 2.70. The zero-order valence-corrected chi connectivity index (χ0v) is 10.6. The van der Waals surface area contributed by atoms with Crippen molar-refractivity contribution in [1.82, 2.24) is 5.32 Å². The van der Waals surface area contributed by atoms with E-state index in [0.29, 0.717) is 6.54 Å². The highest BCUT2D eigenvalue weighted by Crippen LogP contribution is 2.17. The maximum Gasteiger partial charge on any atom is 0.261 e. The van der Waals surface area contributed by atoms with E-state index < -0.39 is 6.10 Å². The third kappa shape index (κ3) is 4.31. The first kappa shape index (κ1) is 13.3. The van der Waals surface area contributed by atoms with Crippen LogP contribution in [0.4, 0.5) is 0 Å². The zero-order chi connectivity index (χ0) is 12.8. The SMILES string of the molecule is C=CCNC(=O)[C@@H](C)Oc1cc(C)cc(C)c1. The van der Waals surface area contributed by atoms with Crippen molar-refractivity contribution in [2.24, 2.45) is 0 Å². The van der Waals surface area contributed by atoms with Crippen molar-refractivity contribution >= 4 is 5.91 Å². The number of hydrogen-bond acceptors (Lipinski definition) is 2. The van der Waals surface area contributed by atoms with Gasteiger partial charge in [0.05, 0.1) is 0 Å². The summed E-state index contributed by atoms with van der Waals surface area (Å²) in [5.41, 5.74) is 2.25. The van der Waals surface area contributed by atoms with Gasteiger partial charge in [-0.15, -0.1) is 6.58 Å². The minimum Gasteiger partial charge on any atom is -0.481 e. The molecule has 1 aromatic carbocycles. The highest BCUT2D eigenvalue weighted by atomic mass is 16.5. The third-order valence-electron chi connectivity index (χ3n) is 2.30. The van der Waals surface area contributed by atoms with Gasteiger partial charge in [0.1, 0.15) is 5.75 Å². The molecule has 0 aliphatic rings. The maximum atomic E-state index is 11.6. The molecule has 0 saturated heterocycles. The molecule has 0 unspecified atom stereocenters. The van der Waals surface area contributed by atoms with Crippen molar-refractivity contribution in [2.45, 2.75) is 26.9 Å². The van der Waals surface area contributed by atoms with Crippen LogP contribution in [0.3, 0.4) is 0 Å². The molecule has 1 rings (SSSR count). The Hall–Kier alpha value is -1.77. The molecule has 0 spiro atoms. The van der Waals surface area contributed by atoms with E-state index >= 15 is 0 Å². The number of nitrogens with one attached hydrogen (secondary N) is 1. The van der Waals surface area contributed by atoms with Crippen molar-refractivity contribution < 1.29 is 9.53 Å². The molecule has 1 aromatic rings. The molecule has 92 valence electrons. The van der Waals surface area contributed by atoms with E-state index in [4.69, 9.17) is 4.74 Å². The average Bonchev–Trinajstić information content (AvgIpc) is 2.24. The highest BCUT2D eigenvalue weighted by Gasteiger charge is 2.13. The minimum absolute atomic E-state index is 0.135. The fourth-order valence-electron chi connectivity index (χ4n) is 1.58. The quantitative estimate of drug-likeness (QED) is 0.793. The number of carbonyl (C=O) groups excluding carboxylic acids is 1. The van der Waals surface area contributed by atoms with E-state index in [1.54, 1.807) is 13.0 Å². The summed E-state index contributed by atoms with van der Waals surface area (Å²) < 4.78 is 5.59.